The Kier molecular flexibility index (Phi) is 7.05. The second kappa shape index (κ2) is 10.4. The molecule has 3 aromatic rings. The minimum absolute atomic E-state index is 0.0449. The Morgan fingerprint density at radius 2 is 1.72 bits per heavy atom. The molecule has 4 heterocycles. The van der Waals surface area contributed by atoms with Gasteiger partial charge in [-0.25, -0.2) is 14.8 Å². The van der Waals surface area contributed by atoms with Gasteiger partial charge in [-0.1, -0.05) is 19.1 Å². The number of amides is 2. The van der Waals surface area contributed by atoms with Crippen LogP contribution in [0.1, 0.15) is 54.4 Å². The van der Waals surface area contributed by atoms with E-state index in [1.54, 1.807) is 23.7 Å². The molecule has 8 heteroatoms. The second-order valence-electron chi connectivity index (χ2n) is 10.3. The molecule has 2 fully saturated rings. The molecule has 0 unspecified atom stereocenters. The normalized spacial score (nSPS) is 17.4. The van der Waals surface area contributed by atoms with Crippen molar-refractivity contribution >= 4 is 28.8 Å². The first-order valence-electron chi connectivity index (χ1n) is 12.7. The molecular formula is C28H33N5O2S. The summed E-state index contributed by atoms with van der Waals surface area (Å²) in [4.78, 5) is 39.8. The van der Waals surface area contributed by atoms with Crippen molar-refractivity contribution in [3.8, 4) is 10.4 Å². The van der Waals surface area contributed by atoms with Crippen molar-refractivity contribution in [1.82, 2.24) is 19.8 Å². The number of rotatable bonds is 6. The van der Waals surface area contributed by atoms with E-state index in [1.165, 1.54) is 0 Å². The van der Waals surface area contributed by atoms with Gasteiger partial charge < -0.3 is 15.5 Å². The molecule has 2 aliphatic heterocycles. The van der Waals surface area contributed by atoms with Crippen LogP contribution in [0.2, 0.25) is 0 Å². The fraction of sp³-hybridized carbons (Fsp3) is 0.429. The molecule has 0 atom stereocenters. The van der Waals surface area contributed by atoms with Gasteiger partial charge in [-0.05, 0) is 65.8 Å². The first-order valence-corrected chi connectivity index (χ1v) is 13.6. The highest BCUT2D eigenvalue weighted by Crippen LogP contribution is 2.34. The van der Waals surface area contributed by atoms with Crippen LogP contribution >= 0.6 is 11.3 Å². The lowest BCUT2D eigenvalue weighted by molar-refractivity contribution is 0.0992. The van der Waals surface area contributed by atoms with Crippen molar-refractivity contribution in [3.63, 3.8) is 0 Å². The Balaban J connectivity index is 1.18. The number of ketones is 1. The summed E-state index contributed by atoms with van der Waals surface area (Å²) in [6.07, 6.45) is 8.31. The Morgan fingerprint density at radius 3 is 2.39 bits per heavy atom. The predicted molar refractivity (Wildman–Crippen MR) is 143 cm³/mol. The molecule has 2 saturated heterocycles. The molecular weight excluding hydrogens is 470 g/mol. The van der Waals surface area contributed by atoms with Gasteiger partial charge in [-0.15, -0.1) is 11.3 Å². The molecule has 5 rings (SSSR count). The maximum absolute atomic E-state index is 13.0. The lowest BCUT2D eigenvalue weighted by Crippen LogP contribution is -2.48. The zero-order chi connectivity index (χ0) is 25.1. The highest BCUT2D eigenvalue weighted by Gasteiger charge is 2.34. The van der Waals surface area contributed by atoms with Gasteiger partial charge in [0.1, 0.15) is 5.82 Å². The summed E-state index contributed by atoms with van der Waals surface area (Å²) in [6, 6.07) is 10.1. The average Bonchev–Trinajstić information content (AvgIpc) is 3.61. The number of carbonyl (C=O) groups is 2. The molecule has 0 bridgehead atoms. The van der Waals surface area contributed by atoms with Crippen molar-refractivity contribution in [2.24, 2.45) is 5.41 Å². The van der Waals surface area contributed by atoms with Crippen molar-refractivity contribution < 1.29 is 9.59 Å². The van der Waals surface area contributed by atoms with E-state index in [-0.39, 0.29) is 23.7 Å². The van der Waals surface area contributed by atoms with Crippen LogP contribution in [0, 0.1) is 5.41 Å². The van der Waals surface area contributed by atoms with Crippen LogP contribution in [0.4, 0.5) is 10.5 Å². The number of nitrogens with zero attached hydrogens (tertiary/aromatic N) is 4. The van der Waals surface area contributed by atoms with Crippen LogP contribution in [0.15, 0.2) is 48.1 Å². The van der Waals surface area contributed by atoms with E-state index < -0.39 is 0 Å². The third-order valence-electron chi connectivity index (χ3n) is 7.53. The third kappa shape index (κ3) is 5.43. The van der Waals surface area contributed by atoms with E-state index in [4.69, 9.17) is 5.73 Å². The third-order valence-corrected chi connectivity index (χ3v) is 8.45. The molecule has 0 aliphatic carbocycles. The maximum Gasteiger partial charge on any atom is 0.319 e. The number of urea groups is 1. The molecule has 0 spiro atoms. The standard InChI is InChI=1S/C28H33N5O2S/c1-28(8-12-33(13-9-28)27(35)32-10-2-3-11-32)17-26-30-18-22(19-31-26)24(34)16-21-15-20(6-7-23(21)29)25-5-4-14-36-25/h4-7,14-15,18-19H,2-3,8-13,16-17,29H2,1H3. The zero-order valence-corrected chi connectivity index (χ0v) is 21.6. The summed E-state index contributed by atoms with van der Waals surface area (Å²) in [5.41, 5.74) is 9.21. The van der Waals surface area contributed by atoms with Crippen LogP contribution in [-0.4, -0.2) is 57.8 Å². The number of likely N-dealkylation sites (tertiary alicyclic amines) is 2. The fourth-order valence-electron chi connectivity index (χ4n) is 5.12. The Hall–Kier alpha value is -3.26. The van der Waals surface area contributed by atoms with Crippen LogP contribution in [-0.2, 0) is 12.8 Å². The summed E-state index contributed by atoms with van der Waals surface area (Å²) in [5, 5.41) is 2.04. The maximum atomic E-state index is 13.0. The van der Waals surface area contributed by atoms with E-state index in [2.05, 4.69) is 23.0 Å². The number of benzene rings is 1. The summed E-state index contributed by atoms with van der Waals surface area (Å²) in [5.74, 6) is 0.698. The van der Waals surface area contributed by atoms with E-state index in [9.17, 15) is 9.59 Å². The van der Waals surface area contributed by atoms with E-state index in [0.717, 1.165) is 80.1 Å². The first kappa shape index (κ1) is 24.4. The van der Waals surface area contributed by atoms with Crippen molar-refractivity contribution in [3.05, 3.63) is 65.1 Å². The molecule has 2 aromatic heterocycles. The lowest BCUT2D eigenvalue weighted by atomic mass is 9.77. The van der Waals surface area contributed by atoms with Gasteiger partial charge in [-0.3, -0.25) is 4.79 Å². The molecule has 0 saturated carbocycles. The number of nitrogen functional groups attached to an aromatic ring is 1. The number of anilines is 1. The Morgan fingerprint density at radius 1 is 1.03 bits per heavy atom. The molecule has 7 nitrogen and oxygen atoms in total. The van der Waals surface area contributed by atoms with Gasteiger partial charge in [0.25, 0.3) is 0 Å². The average molecular weight is 504 g/mol. The number of piperidine rings is 1. The zero-order valence-electron chi connectivity index (χ0n) is 20.8. The number of thiophene rings is 1. The number of nitrogens with two attached hydrogens (primary N) is 1. The summed E-state index contributed by atoms with van der Waals surface area (Å²) in [7, 11) is 0. The van der Waals surface area contributed by atoms with Gasteiger partial charge >= 0.3 is 6.03 Å². The molecule has 36 heavy (non-hydrogen) atoms. The molecule has 0 radical (unpaired) electrons. The smallest absolute Gasteiger partial charge is 0.319 e. The predicted octanol–water partition coefficient (Wildman–Crippen LogP) is 5.07. The Labute approximate surface area is 216 Å². The summed E-state index contributed by atoms with van der Waals surface area (Å²) >= 11 is 1.66. The van der Waals surface area contributed by atoms with E-state index in [0.29, 0.717) is 11.3 Å². The Bertz CT molecular complexity index is 1210. The highest BCUT2D eigenvalue weighted by atomic mass is 32.1. The van der Waals surface area contributed by atoms with Crippen molar-refractivity contribution in [2.75, 3.05) is 31.9 Å². The summed E-state index contributed by atoms with van der Waals surface area (Å²) in [6.45, 7) is 5.56. The quantitative estimate of drug-likeness (QED) is 0.374. The van der Waals surface area contributed by atoms with E-state index >= 15 is 0 Å². The van der Waals surface area contributed by atoms with E-state index in [1.807, 2.05) is 39.4 Å². The van der Waals surface area contributed by atoms with Gasteiger partial charge in [0, 0.05) is 62.0 Å². The number of hydrogen-bond acceptors (Lipinski definition) is 6. The minimum atomic E-state index is -0.0449. The van der Waals surface area contributed by atoms with Crippen LogP contribution in [0.5, 0.6) is 0 Å². The topological polar surface area (TPSA) is 92.4 Å². The number of hydrogen-bond donors (Lipinski definition) is 1. The molecule has 2 N–H and O–H groups in total. The minimum Gasteiger partial charge on any atom is -0.398 e. The van der Waals surface area contributed by atoms with Gasteiger partial charge in [0.2, 0.25) is 0 Å². The monoisotopic (exact) mass is 503 g/mol. The SMILES string of the molecule is CC1(Cc2ncc(C(=O)Cc3cc(-c4cccs4)ccc3N)cn2)CCN(C(=O)N2CCCC2)CC1. The van der Waals surface area contributed by atoms with Gasteiger partial charge in [0.05, 0.1) is 5.56 Å². The van der Waals surface area contributed by atoms with Crippen LogP contribution < -0.4 is 5.73 Å². The number of Topliss-reactive ketones (excluding diaryl/α,β-unsaturated/α-hetero) is 1. The summed E-state index contributed by atoms with van der Waals surface area (Å²) < 4.78 is 0. The van der Waals surface area contributed by atoms with Crippen molar-refractivity contribution in [1.29, 1.82) is 0 Å². The van der Waals surface area contributed by atoms with Gasteiger partial charge in [-0.2, -0.15) is 0 Å². The van der Waals surface area contributed by atoms with Crippen LogP contribution in [0.25, 0.3) is 10.4 Å². The molecule has 1 aromatic carbocycles. The van der Waals surface area contributed by atoms with Crippen molar-refractivity contribution in [2.45, 2.75) is 45.4 Å². The van der Waals surface area contributed by atoms with Crippen LogP contribution in [0.3, 0.4) is 0 Å². The largest absolute Gasteiger partial charge is 0.398 e. The van der Waals surface area contributed by atoms with Gasteiger partial charge in [0.15, 0.2) is 5.78 Å². The molecule has 188 valence electrons. The lowest BCUT2D eigenvalue weighted by Gasteiger charge is -2.40. The molecule has 2 aliphatic rings. The fourth-order valence-corrected chi connectivity index (χ4v) is 5.85. The first-order chi connectivity index (χ1) is 17.4. The number of aromatic nitrogens is 2. The number of carbonyl (C=O) groups excluding carboxylic acids is 2. The molecule has 2 amide bonds. The highest BCUT2D eigenvalue weighted by molar-refractivity contribution is 7.13. The second-order valence-corrected chi connectivity index (χ2v) is 11.3.